The summed E-state index contributed by atoms with van der Waals surface area (Å²) in [5.41, 5.74) is -0.679. The Morgan fingerprint density at radius 3 is 2.79 bits per heavy atom. The molecule has 1 aromatic carbocycles. The fraction of sp³-hybridized carbons (Fsp3) is 0.188. The van der Waals surface area contributed by atoms with Gasteiger partial charge in [0.25, 0.3) is 5.56 Å². The molecule has 0 fully saturated rings. The van der Waals surface area contributed by atoms with Crippen molar-refractivity contribution in [1.29, 1.82) is 5.26 Å². The van der Waals surface area contributed by atoms with Gasteiger partial charge in [-0.1, -0.05) is 11.6 Å². The molecular weight excluding hydrogens is 339 g/mol. The van der Waals surface area contributed by atoms with Gasteiger partial charge in [0.2, 0.25) is 0 Å². The number of hydrogen-bond acceptors (Lipinski definition) is 5. The summed E-state index contributed by atoms with van der Waals surface area (Å²) in [4.78, 5) is 25.4. The van der Waals surface area contributed by atoms with Crippen molar-refractivity contribution < 1.29 is 18.7 Å². The van der Waals surface area contributed by atoms with E-state index in [1.807, 2.05) is 6.07 Å². The van der Waals surface area contributed by atoms with E-state index in [4.69, 9.17) is 26.3 Å². The molecule has 2 aromatic rings. The second-order valence-electron chi connectivity index (χ2n) is 4.66. The Bertz CT molecular complexity index is 873. The van der Waals surface area contributed by atoms with Crippen LogP contribution in [0.1, 0.15) is 18.2 Å². The normalized spacial score (nSPS) is 10.1. The summed E-state index contributed by atoms with van der Waals surface area (Å²) < 4.78 is 24.5. The molecule has 24 heavy (non-hydrogen) atoms. The molecule has 6 nitrogen and oxygen atoms in total. The molecule has 0 saturated carbocycles. The van der Waals surface area contributed by atoms with Crippen LogP contribution < -0.4 is 10.3 Å². The lowest BCUT2D eigenvalue weighted by atomic mass is 10.2. The van der Waals surface area contributed by atoms with Crippen LogP contribution in [0.3, 0.4) is 0 Å². The number of nitrogens with one attached hydrogen (secondary N) is 1. The SMILES string of the molecule is CCOC(=O)Cc1[nH]c(=O)cc(Oc2cc(Cl)cc(C#N)c2)c1F. The van der Waals surface area contributed by atoms with Crippen molar-refractivity contribution in [2.75, 3.05) is 6.61 Å². The van der Waals surface area contributed by atoms with Crippen LogP contribution in [0, 0.1) is 17.1 Å². The van der Waals surface area contributed by atoms with Crippen LogP contribution in [0.2, 0.25) is 5.02 Å². The van der Waals surface area contributed by atoms with Crippen molar-refractivity contribution in [2.24, 2.45) is 0 Å². The van der Waals surface area contributed by atoms with Gasteiger partial charge in [-0.3, -0.25) is 9.59 Å². The molecule has 0 spiro atoms. The van der Waals surface area contributed by atoms with E-state index in [1.54, 1.807) is 6.92 Å². The van der Waals surface area contributed by atoms with Crippen LogP contribution in [-0.2, 0) is 16.0 Å². The summed E-state index contributed by atoms with van der Waals surface area (Å²) >= 11 is 5.85. The van der Waals surface area contributed by atoms with Gasteiger partial charge in [-0.2, -0.15) is 5.26 Å². The summed E-state index contributed by atoms with van der Waals surface area (Å²) in [6.07, 6.45) is -0.439. The number of hydrogen-bond donors (Lipinski definition) is 1. The topological polar surface area (TPSA) is 92.2 Å². The zero-order valence-corrected chi connectivity index (χ0v) is 13.3. The second-order valence-corrected chi connectivity index (χ2v) is 5.10. The van der Waals surface area contributed by atoms with Crippen LogP contribution in [0.15, 0.2) is 29.1 Å². The number of nitriles is 1. The van der Waals surface area contributed by atoms with E-state index in [9.17, 15) is 14.0 Å². The quantitative estimate of drug-likeness (QED) is 0.837. The number of halogens is 2. The fourth-order valence-electron chi connectivity index (χ4n) is 1.94. The van der Waals surface area contributed by atoms with Gasteiger partial charge in [0.1, 0.15) is 5.75 Å². The van der Waals surface area contributed by atoms with E-state index in [0.717, 1.165) is 6.07 Å². The molecule has 0 saturated heterocycles. The molecule has 0 bridgehead atoms. The summed E-state index contributed by atoms with van der Waals surface area (Å²) in [7, 11) is 0. The number of pyridine rings is 1. The zero-order valence-electron chi connectivity index (χ0n) is 12.6. The van der Waals surface area contributed by atoms with E-state index in [-0.39, 0.29) is 34.4 Å². The lowest BCUT2D eigenvalue weighted by molar-refractivity contribution is -0.142. The molecule has 0 atom stereocenters. The van der Waals surface area contributed by atoms with Crippen molar-refractivity contribution in [3.05, 3.63) is 56.7 Å². The number of carbonyl (C=O) groups excluding carboxylic acids is 1. The maximum absolute atomic E-state index is 14.4. The highest BCUT2D eigenvalue weighted by atomic mass is 35.5. The minimum Gasteiger partial charge on any atom is -0.466 e. The number of carbonyl (C=O) groups is 1. The smallest absolute Gasteiger partial charge is 0.311 e. The zero-order chi connectivity index (χ0) is 17.7. The maximum Gasteiger partial charge on any atom is 0.311 e. The molecule has 0 radical (unpaired) electrons. The summed E-state index contributed by atoms with van der Waals surface area (Å²) in [6.45, 7) is 1.75. The summed E-state index contributed by atoms with van der Waals surface area (Å²) in [5.74, 6) is -1.88. The Labute approximate surface area is 141 Å². The van der Waals surface area contributed by atoms with Crippen LogP contribution in [0.5, 0.6) is 11.5 Å². The lowest BCUT2D eigenvalue weighted by Crippen LogP contribution is -2.16. The largest absolute Gasteiger partial charge is 0.466 e. The first-order valence-corrected chi connectivity index (χ1v) is 7.26. The van der Waals surface area contributed by atoms with Crippen LogP contribution >= 0.6 is 11.6 Å². The van der Waals surface area contributed by atoms with E-state index in [2.05, 4.69) is 4.98 Å². The third kappa shape index (κ3) is 4.33. The molecule has 1 aromatic heterocycles. The highest BCUT2D eigenvalue weighted by Crippen LogP contribution is 2.28. The molecule has 1 N–H and O–H groups in total. The van der Waals surface area contributed by atoms with Crippen molar-refractivity contribution in [3.63, 3.8) is 0 Å². The Balaban J connectivity index is 2.36. The number of aromatic nitrogens is 1. The molecule has 0 amide bonds. The number of aromatic amines is 1. The van der Waals surface area contributed by atoms with Crippen molar-refractivity contribution in [1.82, 2.24) is 4.98 Å². The molecule has 0 aliphatic rings. The number of rotatable bonds is 5. The average Bonchev–Trinajstić information content (AvgIpc) is 2.51. The molecular formula is C16H12ClFN2O4. The van der Waals surface area contributed by atoms with Gasteiger partial charge in [-0.05, 0) is 25.1 Å². The number of ether oxygens (including phenoxy) is 2. The summed E-state index contributed by atoms with van der Waals surface area (Å²) in [6, 6.07) is 6.91. The van der Waals surface area contributed by atoms with Crippen LogP contribution in [0.25, 0.3) is 0 Å². The number of H-pyrrole nitrogens is 1. The molecule has 8 heteroatoms. The number of esters is 1. The van der Waals surface area contributed by atoms with Gasteiger partial charge < -0.3 is 14.5 Å². The van der Waals surface area contributed by atoms with Crippen LogP contribution in [-0.4, -0.2) is 17.6 Å². The van der Waals surface area contributed by atoms with Gasteiger partial charge in [-0.15, -0.1) is 0 Å². The van der Waals surface area contributed by atoms with Gasteiger partial charge >= 0.3 is 5.97 Å². The predicted molar refractivity (Wildman–Crippen MR) is 83.6 cm³/mol. The lowest BCUT2D eigenvalue weighted by Gasteiger charge is -2.10. The second kappa shape index (κ2) is 7.62. The first kappa shape index (κ1) is 17.5. The summed E-state index contributed by atoms with van der Waals surface area (Å²) in [5, 5.41) is 9.12. The van der Waals surface area contributed by atoms with Gasteiger partial charge in [0.05, 0.1) is 30.4 Å². The Morgan fingerprint density at radius 2 is 2.12 bits per heavy atom. The van der Waals surface area contributed by atoms with Gasteiger partial charge in [-0.25, -0.2) is 4.39 Å². The predicted octanol–water partition coefficient (Wildman–Crippen LogP) is 2.94. The highest BCUT2D eigenvalue weighted by molar-refractivity contribution is 6.30. The standard InChI is InChI=1S/C16H12ClFN2O4/c1-2-23-15(22)6-12-16(18)13(7-14(21)20-12)24-11-4-9(8-19)3-10(17)5-11/h3-5,7H,2,6H2,1H3,(H,20,21). The number of benzene rings is 1. The van der Waals surface area contributed by atoms with Crippen LogP contribution in [0.4, 0.5) is 4.39 Å². The van der Waals surface area contributed by atoms with E-state index in [1.165, 1.54) is 18.2 Å². The third-order valence-electron chi connectivity index (χ3n) is 2.87. The van der Waals surface area contributed by atoms with Gasteiger partial charge in [0.15, 0.2) is 11.6 Å². The minimum absolute atomic E-state index is 0.0886. The molecule has 0 aliphatic carbocycles. The average molecular weight is 351 g/mol. The Hall–Kier alpha value is -2.85. The van der Waals surface area contributed by atoms with E-state index in [0.29, 0.717) is 0 Å². The first-order chi connectivity index (χ1) is 11.4. The van der Waals surface area contributed by atoms with Crippen molar-refractivity contribution >= 4 is 17.6 Å². The van der Waals surface area contributed by atoms with E-state index >= 15 is 0 Å². The molecule has 0 unspecified atom stereocenters. The third-order valence-corrected chi connectivity index (χ3v) is 3.09. The Morgan fingerprint density at radius 1 is 1.38 bits per heavy atom. The monoisotopic (exact) mass is 350 g/mol. The number of nitrogens with zero attached hydrogens (tertiary/aromatic N) is 1. The molecule has 2 rings (SSSR count). The molecule has 0 aliphatic heterocycles. The van der Waals surface area contributed by atoms with Gasteiger partial charge in [0, 0.05) is 11.1 Å². The Kier molecular flexibility index (Phi) is 5.55. The first-order valence-electron chi connectivity index (χ1n) is 6.88. The highest BCUT2D eigenvalue weighted by Gasteiger charge is 2.16. The fourth-order valence-corrected chi connectivity index (χ4v) is 2.16. The van der Waals surface area contributed by atoms with Crippen molar-refractivity contribution in [3.8, 4) is 17.6 Å². The minimum atomic E-state index is -0.902. The molecule has 124 valence electrons. The van der Waals surface area contributed by atoms with Crippen molar-refractivity contribution in [2.45, 2.75) is 13.3 Å². The molecule has 1 heterocycles. The van der Waals surface area contributed by atoms with E-state index < -0.39 is 23.8 Å². The maximum atomic E-state index is 14.4.